The van der Waals surface area contributed by atoms with Crippen LogP contribution in [0, 0.1) is 0 Å². The minimum atomic E-state index is 0.301. The van der Waals surface area contributed by atoms with Gasteiger partial charge in [0.25, 0.3) is 0 Å². The van der Waals surface area contributed by atoms with E-state index in [1.54, 1.807) is 0 Å². The van der Waals surface area contributed by atoms with Crippen LogP contribution in [0.5, 0.6) is 0 Å². The maximum Gasteiger partial charge on any atom is 0.115 e. The Morgan fingerprint density at radius 3 is 2.58 bits per heavy atom. The molecule has 0 spiro atoms. The van der Waals surface area contributed by atoms with Crippen LogP contribution in [0.25, 0.3) is 0 Å². The molecule has 0 amide bonds. The van der Waals surface area contributed by atoms with Crippen LogP contribution in [0.1, 0.15) is 19.4 Å². The molecule has 66 valence electrons. The topological polar surface area (TPSA) is 35.0 Å². The summed E-state index contributed by atoms with van der Waals surface area (Å²) in [5.74, 6) is 0. The van der Waals surface area contributed by atoms with Crippen LogP contribution in [0.4, 0.5) is 0 Å². The molecule has 0 atom stereocenters. The molecule has 0 radical (unpaired) electrons. The predicted molar refractivity (Wildman–Crippen MR) is 46.8 cm³/mol. The van der Waals surface area contributed by atoms with Crippen LogP contribution in [0.3, 0.4) is 0 Å². The van der Waals surface area contributed by atoms with E-state index in [0.717, 1.165) is 18.6 Å². The van der Waals surface area contributed by atoms with E-state index in [-0.39, 0.29) is 0 Å². The fourth-order valence-corrected chi connectivity index (χ4v) is 0.872. The van der Waals surface area contributed by atoms with Crippen LogP contribution >= 0.6 is 0 Å². The minimum absolute atomic E-state index is 0.301. The van der Waals surface area contributed by atoms with Gasteiger partial charge in [0.1, 0.15) is 6.33 Å². The third-order valence-electron chi connectivity index (χ3n) is 1.46. The molecular weight excluding hydrogens is 152 g/mol. The van der Waals surface area contributed by atoms with Gasteiger partial charge in [-0.05, 0) is 25.8 Å². The van der Waals surface area contributed by atoms with E-state index in [9.17, 15) is 0 Å². The lowest BCUT2D eigenvalue weighted by atomic mass is 10.2. The van der Waals surface area contributed by atoms with Gasteiger partial charge in [-0.15, -0.1) is 0 Å². The van der Waals surface area contributed by atoms with Crippen LogP contribution in [-0.2, 0) is 11.2 Å². The third-order valence-corrected chi connectivity index (χ3v) is 1.46. The van der Waals surface area contributed by atoms with Crippen molar-refractivity contribution in [2.45, 2.75) is 26.4 Å². The molecule has 0 saturated carbocycles. The molecule has 3 nitrogen and oxygen atoms in total. The summed E-state index contributed by atoms with van der Waals surface area (Å²) in [7, 11) is 0. The molecule has 0 aliphatic rings. The van der Waals surface area contributed by atoms with Crippen LogP contribution in [0.15, 0.2) is 18.7 Å². The number of hydrogen-bond donors (Lipinski definition) is 0. The molecule has 0 fully saturated rings. The SMILES string of the molecule is CC(C)OCCc1cncnc1. The zero-order valence-electron chi connectivity index (χ0n) is 7.53. The lowest BCUT2D eigenvalue weighted by Gasteiger charge is -2.06. The van der Waals surface area contributed by atoms with Gasteiger partial charge >= 0.3 is 0 Å². The maximum absolute atomic E-state index is 5.39. The van der Waals surface area contributed by atoms with Crippen molar-refractivity contribution in [3.63, 3.8) is 0 Å². The number of rotatable bonds is 4. The van der Waals surface area contributed by atoms with Crippen molar-refractivity contribution >= 4 is 0 Å². The Bertz CT molecular complexity index is 211. The summed E-state index contributed by atoms with van der Waals surface area (Å²) >= 11 is 0. The summed E-state index contributed by atoms with van der Waals surface area (Å²) in [6, 6.07) is 0. The highest BCUT2D eigenvalue weighted by atomic mass is 16.5. The van der Waals surface area contributed by atoms with E-state index in [0.29, 0.717) is 6.10 Å². The van der Waals surface area contributed by atoms with Gasteiger partial charge in [0.2, 0.25) is 0 Å². The highest BCUT2D eigenvalue weighted by Gasteiger charge is 1.95. The largest absolute Gasteiger partial charge is 0.378 e. The van der Waals surface area contributed by atoms with Crippen molar-refractivity contribution in [3.8, 4) is 0 Å². The number of aromatic nitrogens is 2. The predicted octanol–water partition coefficient (Wildman–Crippen LogP) is 1.44. The molecule has 12 heavy (non-hydrogen) atoms. The van der Waals surface area contributed by atoms with Gasteiger partial charge in [0.05, 0.1) is 12.7 Å². The summed E-state index contributed by atoms with van der Waals surface area (Å²) in [6.45, 7) is 4.80. The molecule has 0 bridgehead atoms. The molecule has 3 heteroatoms. The Hall–Kier alpha value is -0.960. The smallest absolute Gasteiger partial charge is 0.115 e. The van der Waals surface area contributed by atoms with Gasteiger partial charge in [-0.3, -0.25) is 0 Å². The average Bonchev–Trinajstić information content (AvgIpc) is 2.05. The first-order valence-electron chi connectivity index (χ1n) is 4.14. The summed E-state index contributed by atoms with van der Waals surface area (Å²) in [5.41, 5.74) is 1.12. The number of nitrogens with zero attached hydrogens (tertiary/aromatic N) is 2. The maximum atomic E-state index is 5.39. The van der Waals surface area contributed by atoms with Gasteiger partial charge < -0.3 is 4.74 Å². The molecule has 0 aliphatic carbocycles. The second-order valence-corrected chi connectivity index (χ2v) is 2.92. The lowest BCUT2D eigenvalue weighted by molar-refractivity contribution is 0.0813. The van der Waals surface area contributed by atoms with E-state index < -0.39 is 0 Å². The second kappa shape index (κ2) is 4.83. The molecule has 0 aliphatic heterocycles. The fourth-order valence-electron chi connectivity index (χ4n) is 0.872. The Balaban J connectivity index is 2.25. The van der Waals surface area contributed by atoms with Crippen molar-refractivity contribution < 1.29 is 4.74 Å². The van der Waals surface area contributed by atoms with Gasteiger partial charge in [-0.2, -0.15) is 0 Å². The number of hydrogen-bond acceptors (Lipinski definition) is 3. The number of ether oxygens (including phenoxy) is 1. The normalized spacial score (nSPS) is 10.6. The van der Waals surface area contributed by atoms with Crippen molar-refractivity contribution in [2.75, 3.05) is 6.61 Å². The first-order chi connectivity index (χ1) is 5.79. The van der Waals surface area contributed by atoms with Crippen molar-refractivity contribution in [3.05, 3.63) is 24.3 Å². The van der Waals surface area contributed by atoms with Crippen molar-refractivity contribution in [1.82, 2.24) is 9.97 Å². The van der Waals surface area contributed by atoms with Crippen LogP contribution < -0.4 is 0 Å². The summed E-state index contributed by atoms with van der Waals surface area (Å²) in [6.07, 6.45) is 6.36. The van der Waals surface area contributed by atoms with Gasteiger partial charge in [-0.1, -0.05) is 0 Å². The fraction of sp³-hybridized carbons (Fsp3) is 0.556. The van der Waals surface area contributed by atoms with Crippen LogP contribution in [-0.4, -0.2) is 22.7 Å². The Morgan fingerprint density at radius 2 is 2.00 bits per heavy atom. The first-order valence-corrected chi connectivity index (χ1v) is 4.14. The Kier molecular flexibility index (Phi) is 3.67. The summed E-state index contributed by atoms with van der Waals surface area (Å²) in [4.78, 5) is 7.83. The monoisotopic (exact) mass is 166 g/mol. The first kappa shape index (κ1) is 9.13. The van der Waals surface area contributed by atoms with Gasteiger partial charge in [0.15, 0.2) is 0 Å². The molecule has 0 unspecified atom stereocenters. The molecule has 0 aromatic carbocycles. The Labute approximate surface area is 72.8 Å². The van der Waals surface area contributed by atoms with E-state index in [4.69, 9.17) is 4.74 Å². The zero-order chi connectivity index (χ0) is 8.81. The van der Waals surface area contributed by atoms with Gasteiger partial charge in [0, 0.05) is 12.4 Å². The molecular formula is C9H14N2O. The lowest BCUT2D eigenvalue weighted by Crippen LogP contribution is -2.06. The average molecular weight is 166 g/mol. The van der Waals surface area contributed by atoms with E-state index in [1.807, 2.05) is 26.2 Å². The zero-order valence-corrected chi connectivity index (χ0v) is 7.53. The minimum Gasteiger partial charge on any atom is -0.378 e. The van der Waals surface area contributed by atoms with Crippen LogP contribution in [0.2, 0.25) is 0 Å². The highest BCUT2D eigenvalue weighted by molar-refractivity contribution is 5.01. The third kappa shape index (κ3) is 3.44. The van der Waals surface area contributed by atoms with Crippen molar-refractivity contribution in [2.24, 2.45) is 0 Å². The molecule has 0 N–H and O–H groups in total. The molecule has 0 saturated heterocycles. The quantitative estimate of drug-likeness (QED) is 0.679. The highest BCUT2D eigenvalue weighted by Crippen LogP contribution is 1.96. The van der Waals surface area contributed by atoms with E-state index in [1.165, 1.54) is 6.33 Å². The molecule has 1 heterocycles. The molecule has 1 aromatic rings. The second-order valence-electron chi connectivity index (χ2n) is 2.92. The summed E-state index contributed by atoms with van der Waals surface area (Å²) < 4.78 is 5.39. The Morgan fingerprint density at radius 1 is 1.33 bits per heavy atom. The molecule has 1 rings (SSSR count). The van der Waals surface area contributed by atoms with Gasteiger partial charge in [-0.25, -0.2) is 9.97 Å². The van der Waals surface area contributed by atoms with E-state index in [2.05, 4.69) is 9.97 Å². The standard InChI is InChI=1S/C9H14N2O/c1-8(2)12-4-3-9-5-10-7-11-6-9/h5-8H,3-4H2,1-2H3. The van der Waals surface area contributed by atoms with Crippen molar-refractivity contribution in [1.29, 1.82) is 0 Å². The molecule has 1 aromatic heterocycles. The summed E-state index contributed by atoms with van der Waals surface area (Å²) in [5, 5.41) is 0. The van der Waals surface area contributed by atoms with E-state index >= 15 is 0 Å².